The first-order valence-corrected chi connectivity index (χ1v) is 8.61. The Hall–Kier alpha value is -3.24. The van der Waals surface area contributed by atoms with Crippen molar-refractivity contribution in [2.45, 2.75) is 31.4 Å². The van der Waals surface area contributed by atoms with Crippen molar-refractivity contribution in [2.24, 2.45) is 0 Å². The van der Waals surface area contributed by atoms with E-state index in [0.717, 1.165) is 11.8 Å². The highest BCUT2D eigenvalue weighted by Crippen LogP contribution is 2.51. The van der Waals surface area contributed by atoms with E-state index in [4.69, 9.17) is 4.74 Å². The third kappa shape index (κ3) is 2.64. The van der Waals surface area contributed by atoms with Crippen LogP contribution in [0.5, 0.6) is 5.75 Å². The summed E-state index contributed by atoms with van der Waals surface area (Å²) in [6, 6.07) is -0.223. The number of nitrogens with zero attached hydrogens (tertiary/aromatic N) is 1. The molecule has 158 valence electrons. The minimum absolute atomic E-state index is 0.245. The molecule has 1 N–H and O–H groups in total. The molecule has 0 unspecified atom stereocenters. The van der Waals surface area contributed by atoms with E-state index in [1.165, 1.54) is 0 Å². The third-order valence-electron chi connectivity index (χ3n) is 5.15. The Morgan fingerprint density at radius 3 is 2.07 bits per heavy atom. The van der Waals surface area contributed by atoms with Crippen molar-refractivity contribution >= 4 is 17.6 Å². The highest BCUT2D eigenvalue weighted by atomic mass is 19.2. The maximum atomic E-state index is 14.7. The van der Waals surface area contributed by atoms with Crippen LogP contribution in [-0.4, -0.2) is 28.6 Å². The fraction of sp³-hybridized carbons (Fsp3) is 0.263. The van der Waals surface area contributed by atoms with E-state index < -0.39 is 69.5 Å². The Morgan fingerprint density at radius 1 is 1.03 bits per heavy atom. The van der Waals surface area contributed by atoms with Gasteiger partial charge in [0.1, 0.15) is 17.6 Å². The van der Waals surface area contributed by atoms with E-state index in [1.54, 1.807) is 0 Å². The van der Waals surface area contributed by atoms with Gasteiger partial charge in [0, 0.05) is 24.5 Å². The van der Waals surface area contributed by atoms with Gasteiger partial charge in [-0.25, -0.2) is 31.1 Å². The Balaban J connectivity index is 1.98. The second-order valence-electron chi connectivity index (χ2n) is 7.03. The molecule has 1 fully saturated rings. The predicted molar refractivity (Wildman–Crippen MR) is 88.8 cm³/mol. The molecule has 1 aliphatic carbocycles. The number of halogens is 6. The number of hydrogen-bond donors (Lipinski definition) is 1. The number of anilines is 1. The zero-order valence-corrected chi connectivity index (χ0v) is 15.0. The Morgan fingerprint density at radius 2 is 1.57 bits per heavy atom. The Labute approximate surface area is 164 Å². The van der Waals surface area contributed by atoms with Crippen LogP contribution in [0, 0.1) is 34.9 Å². The van der Waals surface area contributed by atoms with Crippen LogP contribution < -0.4 is 9.64 Å². The number of hydrogen-bond acceptors (Lipinski definition) is 3. The van der Waals surface area contributed by atoms with E-state index in [2.05, 4.69) is 0 Å². The van der Waals surface area contributed by atoms with Crippen molar-refractivity contribution in [1.82, 2.24) is 0 Å². The lowest BCUT2D eigenvalue weighted by Crippen LogP contribution is -2.53. The summed E-state index contributed by atoms with van der Waals surface area (Å²) in [6.45, 7) is 1.15. The summed E-state index contributed by atoms with van der Waals surface area (Å²) < 4.78 is 89.1. The molecule has 5 nitrogen and oxygen atoms in total. The van der Waals surface area contributed by atoms with Gasteiger partial charge in [-0.2, -0.15) is 0 Å². The monoisotopic (exact) mass is 431 g/mol. The number of rotatable bonds is 3. The number of carboxylic acid groups (broad SMARTS) is 1. The van der Waals surface area contributed by atoms with Gasteiger partial charge in [0.15, 0.2) is 28.9 Å². The van der Waals surface area contributed by atoms with Gasteiger partial charge in [-0.15, -0.1) is 0 Å². The predicted octanol–water partition coefficient (Wildman–Crippen LogP) is 3.92. The number of fused-ring (bicyclic) bond motifs is 1. The van der Waals surface area contributed by atoms with E-state index in [9.17, 15) is 41.0 Å². The fourth-order valence-electron chi connectivity index (χ4n) is 3.35. The van der Waals surface area contributed by atoms with Crippen molar-refractivity contribution < 1.29 is 45.8 Å². The van der Waals surface area contributed by atoms with Gasteiger partial charge in [0.2, 0.25) is 5.82 Å². The van der Waals surface area contributed by atoms with Crippen LogP contribution in [0.4, 0.5) is 32.0 Å². The van der Waals surface area contributed by atoms with Gasteiger partial charge in [0.05, 0.1) is 11.3 Å². The number of carbonyl (C=O) groups is 2. The quantitative estimate of drug-likeness (QED) is 0.455. The molecular formula is C19H11F6NO4. The molecule has 2 aromatic carbocycles. The topological polar surface area (TPSA) is 66.8 Å². The number of carbonyl (C=O) groups excluding carboxylic acids is 1. The molecule has 1 amide bonds. The van der Waals surface area contributed by atoms with Gasteiger partial charge >= 0.3 is 5.97 Å². The summed E-state index contributed by atoms with van der Waals surface area (Å²) >= 11 is 0. The molecule has 1 spiro atoms. The average molecular weight is 431 g/mol. The molecular weight excluding hydrogens is 420 g/mol. The van der Waals surface area contributed by atoms with Crippen LogP contribution in [0.3, 0.4) is 0 Å². The lowest BCUT2D eigenvalue weighted by molar-refractivity contribution is -0.141. The SMILES string of the molecule is C[C@H](C(=O)O)N1C(=O)C2(CC2)Oc2cc(F)c(-c3c(F)c(F)c(F)c(F)c3F)cc21. The molecule has 0 radical (unpaired) electrons. The second-order valence-corrected chi connectivity index (χ2v) is 7.03. The Kier molecular flexibility index (Phi) is 4.26. The summed E-state index contributed by atoms with van der Waals surface area (Å²) in [6.07, 6.45) is 0.490. The summed E-state index contributed by atoms with van der Waals surface area (Å²) in [5, 5.41) is 9.33. The molecule has 2 aromatic rings. The highest BCUT2D eigenvalue weighted by Gasteiger charge is 2.59. The van der Waals surface area contributed by atoms with Crippen molar-refractivity contribution in [3.8, 4) is 16.9 Å². The van der Waals surface area contributed by atoms with Crippen LogP contribution in [0.2, 0.25) is 0 Å². The van der Waals surface area contributed by atoms with Crippen LogP contribution in [0.1, 0.15) is 19.8 Å². The number of amides is 1. The summed E-state index contributed by atoms with van der Waals surface area (Å²) in [4.78, 5) is 25.0. The minimum atomic E-state index is -2.41. The maximum absolute atomic E-state index is 14.7. The number of carboxylic acids is 1. The van der Waals surface area contributed by atoms with Gasteiger partial charge in [-0.05, 0) is 13.0 Å². The van der Waals surface area contributed by atoms with Crippen LogP contribution in [0.25, 0.3) is 11.1 Å². The Bertz CT molecular complexity index is 1100. The van der Waals surface area contributed by atoms with Gasteiger partial charge in [-0.3, -0.25) is 9.69 Å². The number of aliphatic carboxylic acids is 1. The summed E-state index contributed by atoms with van der Waals surface area (Å²) in [5.74, 6) is -15.4. The molecule has 1 saturated carbocycles. The molecule has 0 aromatic heterocycles. The first kappa shape index (κ1) is 20.0. The standard InChI is InChI=1S/C19H11F6NO4/c1-6(17(27)28)26-9-4-7(11-12(21)14(23)16(25)15(24)13(11)22)8(20)5-10(9)30-19(2-3-19)18(26)29/h4-6H,2-3H2,1H3,(H,27,28)/t6-/m1/s1. The fourth-order valence-corrected chi connectivity index (χ4v) is 3.35. The van der Waals surface area contributed by atoms with Gasteiger partial charge < -0.3 is 9.84 Å². The molecule has 11 heteroatoms. The normalized spacial score (nSPS) is 17.6. The highest BCUT2D eigenvalue weighted by molar-refractivity contribution is 6.08. The molecule has 0 saturated heterocycles. The lowest BCUT2D eigenvalue weighted by Gasteiger charge is -2.37. The molecule has 1 heterocycles. The van der Waals surface area contributed by atoms with Gasteiger partial charge in [0.25, 0.3) is 5.91 Å². The maximum Gasteiger partial charge on any atom is 0.326 e. The van der Waals surface area contributed by atoms with E-state index >= 15 is 0 Å². The second kappa shape index (κ2) is 6.38. The first-order valence-electron chi connectivity index (χ1n) is 8.61. The van der Waals surface area contributed by atoms with Crippen molar-refractivity contribution in [3.63, 3.8) is 0 Å². The number of ether oxygens (including phenoxy) is 1. The molecule has 1 atom stereocenters. The molecule has 2 aliphatic rings. The number of benzene rings is 2. The van der Waals surface area contributed by atoms with E-state index in [1.807, 2.05) is 0 Å². The first-order chi connectivity index (χ1) is 14.0. The van der Waals surface area contributed by atoms with Gasteiger partial charge in [-0.1, -0.05) is 0 Å². The van der Waals surface area contributed by atoms with Crippen molar-refractivity contribution in [2.75, 3.05) is 4.90 Å². The summed E-state index contributed by atoms with van der Waals surface area (Å²) in [7, 11) is 0. The molecule has 1 aliphatic heterocycles. The van der Waals surface area contributed by atoms with Crippen LogP contribution >= 0.6 is 0 Å². The van der Waals surface area contributed by atoms with Crippen LogP contribution in [0.15, 0.2) is 12.1 Å². The largest absolute Gasteiger partial charge is 0.480 e. The average Bonchev–Trinajstić information content (AvgIpc) is 3.47. The van der Waals surface area contributed by atoms with E-state index in [-0.39, 0.29) is 24.3 Å². The lowest BCUT2D eigenvalue weighted by atomic mass is 9.99. The smallest absolute Gasteiger partial charge is 0.326 e. The zero-order chi connectivity index (χ0) is 22.1. The van der Waals surface area contributed by atoms with E-state index in [0.29, 0.717) is 12.1 Å². The van der Waals surface area contributed by atoms with Crippen LogP contribution in [-0.2, 0) is 9.59 Å². The minimum Gasteiger partial charge on any atom is -0.480 e. The molecule has 4 rings (SSSR count). The van der Waals surface area contributed by atoms with Crippen molar-refractivity contribution in [3.05, 3.63) is 47.0 Å². The van der Waals surface area contributed by atoms with Crippen molar-refractivity contribution in [1.29, 1.82) is 0 Å². The molecule has 30 heavy (non-hydrogen) atoms. The summed E-state index contributed by atoms with van der Waals surface area (Å²) in [5.41, 5.74) is -4.33. The zero-order valence-electron chi connectivity index (χ0n) is 15.0. The molecule has 0 bridgehead atoms. The third-order valence-corrected chi connectivity index (χ3v) is 5.15.